The minimum Gasteiger partial charge on any atom is -0.319 e. The number of aromatic nitrogens is 1. The second-order valence-electron chi connectivity index (χ2n) is 4.84. The molecule has 0 fully saturated rings. The number of nitrogens with two attached hydrogens (primary N) is 1. The van der Waals surface area contributed by atoms with Crippen LogP contribution in [-0.4, -0.2) is 4.98 Å². The first-order valence-electron chi connectivity index (χ1n) is 6.77. The number of hydrogen-bond donors (Lipinski definition) is 1. The summed E-state index contributed by atoms with van der Waals surface area (Å²) in [5.74, 6) is -0.378. The van der Waals surface area contributed by atoms with Crippen LogP contribution in [0, 0.1) is 5.82 Å². The lowest BCUT2D eigenvalue weighted by Crippen LogP contribution is -2.15. The molecule has 3 aromatic rings. The van der Waals surface area contributed by atoms with E-state index in [1.807, 2.05) is 54.6 Å². The van der Waals surface area contributed by atoms with Gasteiger partial charge in [0.2, 0.25) is 0 Å². The number of hydrogen-bond acceptors (Lipinski definition) is 2. The second-order valence-corrected chi connectivity index (χ2v) is 4.84. The number of pyridine rings is 1. The van der Waals surface area contributed by atoms with Crippen molar-refractivity contribution in [2.24, 2.45) is 5.73 Å². The molecule has 1 unspecified atom stereocenters. The van der Waals surface area contributed by atoms with Crippen LogP contribution in [0.3, 0.4) is 0 Å². The van der Waals surface area contributed by atoms with E-state index >= 15 is 0 Å². The van der Waals surface area contributed by atoms with E-state index < -0.39 is 6.04 Å². The zero-order valence-electron chi connectivity index (χ0n) is 11.4. The van der Waals surface area contributed by atoms with Crippen molar-refractivity contribution >= 4 is 0 Å². The minimum atomic E-state index is -0.559. The summed E-state index contributed by atoms with van der Waals surface area (Å²) in [5.41, 5.74) is 9.46. The van der Waals surface area contributed by atoms with Gasteiger partial charge in [-0.1, -0.05) is 54.6 Å². The molecule has 0 saturated heterocycles. The van der Waals surface area contributed by atoms with Gasteiger partial charge in [-0.2, -0.15) is 0 Å². The Balaban J connectivity index is 1.89. The zero-order chi connectivity index (χ0) is 14.7. The highest BCUT2D eigenvalue weighted by molar-refractivity contribution is 5.63. The van der Waals surface area contributed by atoms with E-state index in [9.17, 15) is 4.39 Å². The quantitative estimate of drug-likeness (QED) is 0.788. The molecule has 0 aliphatic heterocycles. The average molecular weight is 278 g/mol. The van der Waals surface area contributed by atoms with Crippen LogP contribution in [0.1, 0.15) is 17.3 Å². The monoisotopic (exact) mass is 278 g/mol. The van der Waals surface area contributed by atoms with E-state index in [0.29, 0.717) is 0 Å². The van der Waals surface area contributed by atoms with Gasteiger partial charge in [-0.05, 0) is 28.8 Å². The number of benzene rings is 2. The van der Waals surface area contributed by atoms with E-state index in [0.717, 1.165) is 16.7 Å². The summed E-state index contributed by atoms with van der Waals surface area (Å²) < 4.78 is 13.7. The smallest absolute Gasteiger partial charge is 0.146 e. The van der Waals surface area contributed by atoms with Gasteiger partial charge in [0.15, 0.2) is 0 Å². The molecule has 104 valence electrons. The Bertz CT molecular complexity index is 724. The maximum atomic E-state index is 13.7. The number of halogens is 1. The molecule has 1 heterocycles. The maximum Gasteiger partial charge on any atom is 0.146 e. The fourth-order valence-corrected chi connectivity index (χ4v) is 2.30. The molecule has 1 aromatic heterocycles. The Morgan fingerprint density at radius 1 is 0.810 bits per heavy atom. The van der Waals surface area contributed by atoms with E-state index in [1.54, 1.807) is 12.3 Å². The van der Waals surface area contributed by atoms with Gasteiger partial charge in [0.25, 0.3) is 0 Å². The summed E-state index contributed by atoms with van der Waals surface area (Å²) >= 11 is 0. The van der Waals surface area contributed by atoms with Crippen molar-refractivity contribution in [2.45, 2.75) is 6.04 Å². The molecule has 0 amide bonds. The third kappa shape index (κ3) is 2.83. The zero-order valence-corrected chi connectivity index (χ0v) is 11.4. The highest BCUT2D eigenvalue weighted by Crippen LogP contribution is 2.24. The summed E-state index contributed by atoms with van der Waals surface area (Å²) in [7, 11) is 0. The minimum absolute atomic E-state index is 0.268. The molecule has 3 heteroatoms. The summed E-state index contributed by atoms with van der Waals surface area (Å²) in [5, 5.41) is 0. The molecule has 0 radical (unpaired) electrons. The molecule has 0 spiro atoms. The summed E-state index contributed by atoms with van der Waals surface area (Å²) in [6.07, 6.45) is 1.55. The Hall–Kier alpha value is -2.52. The molecule has 0 aliphatic carbocycles. The highest BCUT2D eigenvalue weighted by atomic mass is 19.1. The van der Waals surface area contributed by atoms with E-state index in [-0.39, 0.29) is 11.5 Å². The fourth-order valence-electron chi connectivity index (χ4n) is 2.30. The van der Waals surface area contributed by atoms with Crippen molar-refractivity contribution in [3.8, 4) is 11.1 Å². The predicted octanol–water partition coefficient (Wildman–Crippen LogP) is 3.94. The lowest BCUT2D eigenvalue weighted by Gasteiger charge is -2.13. The highest BCUT2D eigenvalue weighted by Gasteiger charge is 2.14. The first-order chi connectivity index (χ1) is 10.3. The molecular formula is C18H15FN2. The van der Waals surface area contributed by atoms with Crippen LogP contribution in [0.2, 0.25) is 0 Å². The van der Waals surface area contributed by atoms with Crippen molar-refractivity contribution in [3.05, 3.63) is 90.0 Å². The Labute approximate surface area is 123 Å². The van der Waals surface area contributed by atoms with Crippen LogP contribution in [0.4, 0.5) is 4.39 Å². The Morgan fingerprint density at radius 3 is 2.14 bits per heavy atom. The molecule has 21 heavy (non-hydrogen) atoms. The van der Waals surface area contributed by atoms with Crippen LogP contribution in [0.5, 0.6) is 0 Å². The van der Waals surface area contributed by atoms with Crippen LogP contribution in [0.15, 0.2) is 72.9 Å². The standard InChI is InChI=1S/C18H15FN2/c19-16-7-4-12-21-18(16)17(20)15-10-8-14(9-11-15)13-5-2-1-3-6-13/h1-12,17H,20H2. The second kappa shape index (κ2) is 5.85. The molecule has 0 saturated carbocycles. The van der Waals surface area contributed by atoms with Gasteiger partial charge in [0.05, 0.1) is 11.7 Å². The Morgan fingerprint density at radius 2 is 1.48 bits per heavy atom. The van der Waals surface area contributed by atoms with Gasteiger partial charge in [0.1, 0.15) is 5.82 Å². The molecule has 0 aliphatic rings. The largest absolute Gasteiger partial charge is 0.319 e. The van der Waals surface area contributed by atoms with Gasteiger partial charge >= 0.3 is 0 Å². The first kappa shape index (κ1) is 13.5. The molecular weight excluding hydrogens is 263 g/mol. The topological polar surface area (TPSA) is 38.9 Å². The molecule has 2 aromatic carbocycles. The van der Waals surface area contributed by atoms with Crippen molar-refractivity contribution in [1.82, 2.24) is 4.98 Å². The molecule has 2 nitrogen and oxygen atoms in total. The SMILES string of the molecule is NC(c1ccc(-c2ccccc2)cc1)c1ncccc1F. The molecule has 3 rings (SSSR count). The van der Waals surface area contributed by atoms with Gasteiger partial charge in [-0.25, -0.2) is 4.39 Å². The van der Waals surface area contributed by atoms with Gasteiger partial charge in [-0.3, -0.25) is 4.98 Å². The number of rotatable bonds is 3. The van der Waals surface area contributed by atoms with Crippen LogP contribution in [-0.2, 0) is 0 Å². The third-order valence-corrected chi connectivity index (χ3v) is 3.46. The number of nitrogens with zero attached hydrogens (tertiary/aromatic N) is 1. The van der Waals surface area contributed by atoms with E-state index in [4.69, 9.17) is 5.73 Å². The molecule has 0 bridgehead atoms. The van der Waals surface area contributed by atoms with Crippen LogP contribution < -0.4 is 5.73 Å². The van der Waals surface area contributed by atoms with Crippen LogP contribution in [0.25, 0.3) is 11.1 Å². The normalized spacial score (nSPS) is 12.1. The lowest BCUT2D eigenvalue weighted by molar-refractivity contribution is 0.586. The Kier molecular flexibility index (Phi) is 3.75. The van der Waals surface area contributed by atoms with Crippen LogP contribution >= 0.6 is 0 Å². The van der Waals surface area contributed by atoms with Crippen molar-refractivity contribution in [1.29, 1.82) is 0 Å². The predicted molar refractivity (Wildman–Crippen MR) is 82.1 cm³/mol. The molecule has 1 atom stereocenters. The summed E-state index contributed by atoms with van der Waals surface area (Å²) in [6, 6.07) is 20.3. The van der Waals surface area contributed by atoms with Gasteiger partial charge in [-0.15, -0.1) is 0 Å². The van der Waals surface area contributed by atoms with Crippen molar-refractivity contribution in [2.75, 3.05) is 0 Å². The van der Waals surface area contributed by atoms with Crippen molar-refractivity contribution in [3.63, 3.8) is 0 Å². The van der Waals surface area contributed by atoms with Gasteiger partial charge in [0, 0.05) is 6.20 Å². The van der Waals surface area contributed by atoms with E-state index in [2.05, 4.69) is 4.98 Å². The van der Waals surface area contributed by atoms with E-state index in [1.165, 1.54) is 6.07 Å². The van der Waals surface area contributed by atoms with Crippen molar-refractivity contribution < 1.29 is 4.39 Å². The maximum absolute atomic E-state index is 13.7. The fraction of sp³-hybridized carbons (Fsp3) is 0.0556. The summed E-state index contributed by atoms with van der Waals surface area (Å²) in [6.45, 7) is 0. The average Bonchev–Trinajstić information content (AvgIpc) is 2.56. The first-order valence-corrected chi connectivity index (χ1v) is 6.77. The summed E-state index contributed by atoms with van der Waals surface area (Å²) in [4.78, 5) is 4.04. The molecule has 2 N–H and O–H groups in total. The third-order valence-electron chi connectivity index (χ3n) is 3.46. The van der Waals surface area contributed by atoms with Gasteiger partial charge < -0.3 is 5.73 Å². The lowest BCUT2D eigenvalue weighted by atomic mass is 9.99.